The topological polar surface area (TPSA) is 60.9 Å². The molecule has 0 saturated carbocycles. The number of hydrogen-bond donors (Lipinski definition) is 1. The third-order valence-corrected chi connectivity index (χ3v) is 4.57. The third-order valence-electron chi connectivity index (χ3n) is 4.57. The summed E-state index contributed by atoms with van der Waals surface area (Å²) in [4.78, 5) is 27.9. The van der Waals surface area contributed by atoms with Gasteiger partial charge >= 0.3 is 5.97 Å². The van der Waals surface area contributed by atoms with E-state index in [9.17, 15) is 14.7 Å². The lowest BCUT2D eigenvalue weighted by Gasteiger charge is -2.38. The molecule has 1 saturated heterocycles. The normalized spacial score (nSPS) is 27.9. The zero-order valence-electron chi connectivity index (χ0n) is 12.3. The first-order valence-electron chi connectivity index (χ1n) is 7.33. The van der Waals surface area contributed by atoms with Crippen LogP contribution in [0.4, 0.5) is 0 Å². The van der Waals surface area contributed by atoms with Gasteiger partial charge in [0.15, 0.2) is 0 Å². The second kappa shape index (κ2) is 6.39. The van der Waals surface area contributed by atoms with Gasteiger partial charge in [0.2, 0.25) is 5.91 Å². The van der Waals surface area contributed by atoms with Crippen LogP contribution in [0, 0.1) is 11.8 Å². The lowest BCUT2D eigenvalue weighted by atomic mass is 9.81. The zero-order chi connectivity index (χ0) is 14.7. The number of nitrogens with zero attached hydrogens (tertiary/aromatic N) is 2. The molecule has 1 amide bonds. The molecule has 1 fully saturated rings. The van der Waals surface area contributed by atoms with Gasteiger partial charge in [-0.25, -0.2) is 0 Å². The summed E-state index contributed by atoms with van der Waals surface area (Å²) in [6, 6.07) is 0.528. The van der Waals surface area contributed by atoms with Gasteiger partial charge in [-0.2, -0.15) is 0 Å². The Labute approximate surface area is 120 Å². The molecule has 2 rings (SSSR count). The quantitative estimate of drug-likeness (QED) is 0.789. The average Bonchev–Trinajstić information content (AvgIpc) is 2.46. The summed E-state index contributed by atoms with van der Waals surface area (Å²) < 4.78 is 0. The fourth-order valence-corrected chi connectivity index (χ4v) is 3.20. The maximum Gasteiger partial charge on any atom is 0.307 e. The molecule has 112 valence electrons. The number of carbonyl (C=O) groups excluding carboxylic acids is 1. The highest BCUT2D eigenvalue weighted by Crippen LogP contribution is 2.29. The summed E-state index contributed by atoms with van der Waals surface area (Å²) in [6.07, 6.45) is 6.79. The maximum absolute atomic E-state index is 12.6. The van der Waals surface area contributed by atoms with Crippen molar-refractivity contribution in [2.45, 2.75) is 31.7 Å². The summed E-state index contributed by atoms with van der Waals surface area (Å²) in [7, 11) is 4.13. The first-order valence-corrected chi connectivity index (χ1v) is 7.33. The highest BCUT2D eigenvalue weighted by atomic mass is 16.4. The predicted octanol–water partition coefficient (Wildman–Crippen LogP) is 1.21. The van der Waals surface area contributed by atoms with Gasteiger partial charge in [-0.05, 0) is 39.8 Å². The van der Waals surface area contributed by atoms with E-state index in [4.69, 9.17) is 0 Å². The van der Waals surface area contributed by atoms with Crippen LogP contribution in [0.3, 0.4) is 0 Å². The molecule has 0 radical (unpaired) electrons. The Balaban J connectivity index is 1.97. The van der Waals surface area contributed by atoms with Crippen LogP contribution in [-0.4, -0.2) is 60.0 Å². The Morgan fingerprint density at radius 2 is 1.65 bits per heavy atom. The van der Waals surface area contributed by atoms with Crippen molar-refractivity contribution in [3.05, 3.63) is 12.2 Å². The zero-order valence-corrected chi connectivity index (χ0v) is 12.3. The summed E-state index contributed by atoms with van der Waals surface area (Å²) in [5.74, 6) is -1.76. The molecule has 1 aliphatic carbocycles. The maximum atomic E-state index is 12.6. The van der Waals surface area contributed by atoms with Gasteiger partial charge in [0.25, 0.3) is 0 Å². The van der Waals surface area contributed by atoms with Crippen LogP contribution in [0.1, 0.15) is 25.7 Å². The standard InChI is InChI=1S/C15H24N2O3/c1-16(2)11-7-9-17(10-8-11)14(18)12-5-3-4-6-13(12)15(19)20/h3-4,11-13H,5-10H2,1-2H3,(H,19,20). The molecule has 1 heterocycles. The number of aliphatic carboxylic acids is 1. The van der Waals surface area contributed by atoms with E-state index in [2.05, 4.69) is 19.0 Å². The van der Waals surface area contributed by atoms with Gasteiger partial charge in [-0.3, -0.25) is 9.59 Å². The van der Waals surface area contributed by atoms with Crippen LogP contribution in [0.2, 0.25) is 0 Å². The minimum atomic E-state index is -0.851. The second-order valence-electron chi connectivity index (χ2n) is 6.01. The Bertz CT molecular complexity index is 398. The molecule has 0 bridgehead atoms. The Morgan fingerprint density at radius 1 is 1.10 bits per heavy atom. The molecule has 2 aliphatic rings. The van der Waals surface area contributed by atoms with E-state index in [0.29, 0.717) is 18.9 Å². The summed E-state index contributed by atoms with van der Waals surface area (Å²) in [5, 5.41) is 9.26. The summed E-state index contributed by atoms with van der Waals surface area (Å²) >= 11 is 0. The van der Waals surface area contributed by atoms with Crippen LogP contribution < -0.4 is 0 Å². The van der Waals surface area contributed by atoms with Crippen molar-refractivity contribution in [3.63, 3.8) is 0 Å². The van der Waals surface area contributed by atoms with Gasteiger partial charge in [-0.1, -0.05) is 12.2 Å². The van der Waals surface area contributed by atoms with Gasteiger partial charge in [-0.15, -0.1) is 0 Å². The number of carboxylic acid groups (broad SMARTS) is 1. The monoisotopic (exact) mass is 280 g/mol. The van der Waals surface area contributed by atoms with E-state index in [-0.39, 0.29) is 11.8 Å². The van der Waals surface area contributed by atoms with E-state index in [0.717, 1.165) is 25.9 Å². The molecule has 5 heteroatoms. The molecule has 0 aromatic carbocycles. The fraction of sp³-hybridized carbons (Fsp3) is 0.733. The van der Waals surface area contributed by atoms with Crippen molar-refractivity contribution in [2.75, 3.05) is 27.2 Å². The number of allylic oxidation sites excluding steroid dienone is 2. The van der Waals surface area contributed by atoms with Crippen LogP contribution >= 0.6 is 0 Å². The fourth-order valence-electron chi connectivity index (χ4n) is 3.20. The molecule has 2 atom stereocenters. The SMILES string of the molecule is CN(C)C1CCN(C(=O)C2CC=CCC2C(=O)O)CC1. The third kappa shape index (κ3) is 3.20. The largest absolute Gasteiger partial charge is 0.481 e. The summed E-state index contributed by atoms with van der Waals surface area (Å²) in [6.45, 7) is 1.49. The van der Waals surface area contributed by atoms with E-state index in [1.807, 2.05) is 17.1 Å². The molecule has 5 nitrogen and oxygen atoms in total. The van der Waals surface area contributed by atoms with E-state index >= 15 is 0 Å². The molecule has 2 unspecified atom stereocenters. The number of amides is 1. The number of rotatable bonds is 3. The van der Waals surface area contributed by atoms with Crippen molar-refractivity contribution in [2.24, 2.45) is 11.8 Å². The molecular formula is C15H24N2O3. The van der Waals surface area contributed by atoms with Gasteiger partial charge in [0.1, 0.15) is 0 Å². The molecule has 0 aromatic heterocycles. The van der Waals surface area contributed by atoms with Crippen molar-refractivity contribution in [1.29, 1.82) is 0 Å². The Morgan fingerprint density at radius 3 is 2.15 bits per heavy atom. The highest BCUT2D eigenvalue weighted by Gasteiger charge is 2.37. The number of carboxylic acids is 1. The van der Waals surface area contributed by atoms with E-state index in [1.165, 1.54) is 0 Å². The van der Waals surface area contributed by atoms with Crippen LogP contribution in [-0.2, 0) is 9.59 Å². The Kier molecular flexibility index (Phi) is 4.81. The van der Waals surface area contributed by atoms with E-state index in [1.54, 1.807) is 0 Å². The first-order chi connectivity index (χ1) is 9.50. The predicted molar refractivity (Wildman–Crippen MR) is 76.3 cm³/mol. The van der Waals surface area contributed by atoms with Crippen LogP contribution in [0.5, 0.6) is 0 Å². The van der Waals surface area contributed by atoms with Crippen molar-refractivity contribution in [3.8, 4) is 0 Å². The van der Waals surface area contributed by atoms with Gasteiger partial charge < -0.3 is 14.9 Å². The van der Waals surface area contributed by atoms with Crippen LogP contribution in [0.15, 0.2) is 12.2 Å². The van der Waals surface area contributed by atoms with Crippen molar-refractivity contribution >= 4 is 11.9 Å². The minimum absolute atomic E-state index is 0.0268. The molecule has 20 heavy (non-hydrogen) atoms. The molecule has 0 spiro atoms. The molecule has 1 aliphatic heterocycles. The second-order valence-corrected chi connectivity index (χ2v) is 6.01. The molecular weight excluding hydrogens is 256 g/mol. The Hall–Kier alpha value is -1.36. The van der Waals surface area contributed by atoms with Crippen LogP contribution in [0.25, 0.3) is 0 Å². The van der Waals surface area contributed by atoms with Crippen molar-refractivity contribution in [1.82, 2.24) is 9.80 Å². The smallest absolute Gasteiger partial charge is 0.307 e. The highest BCUT2D eigenvalue weighted by molar-refractivity contribution is 5.85. The number of piperidine rings is 1. The number of hydrogen-bond acceptors (Lipinski definition) is 3. The van der Waals surface area contributed by atoms with Crippen molar-refractivity contribution < 1.29 is 14.7 Å². The van der Waals surface area contributed by atoms with E-state index < -0.39 is 11.9 Å². The number of likely N-dealkylation sites (tertiary alicyclic amines) is 1. The lowest BCUT2D eigenvalue weighted by Crippen LogP contribution is -2.48. The average molecular weight is 280 g/mol. The first kappa shape index (κ1) is 15.0. The number of carbonyl (C=O) groups is 2. The minimum Gasteiger partial charge on any atom is -0.481 e. The molecule has 1 N–H and O–H groups in total. The summed E-state index contributed by atoms with van der Waals surface area (Å²) in [5.41, 5.74) is 0. The lowest BCUT2D eigenvalue weighted by molar-refractivity contribution is -0.151. The van der Waals surface area contributed by atoms with Gasteiger partial charge in [0, 0.05) is 19.1 Å². The molecule has 0 aromatic rings. The van der Waals surface area contributed by atoms with Gasteiger partial charge in [0.05, 0.1) is 11.8 Å².